The van der Waals surface area contributed by atoms with Crippen molar-refractivity contribution < 1.29 is 14.5 Å². The van der Waals surface area contributed by atoms with E-state index in [2.05, 4.69) is 5.32 Å². The van der Waals surface area contributed by atoms with Crippen LogP contribution in [0.25, 0.3) is 0 Å². The van der Waals surface area contributed by atoms with Crippen LogP contribution in [0.2, 0.25) is 0 Å². The van der Waals surface area contributed by atoms with Gasteiger partial charge in [0.1, 0.15) is 12.1 Å². The maximum atomic E-state index is 12.1. The van der Waals surface area contributed by atoms with Crippen LogP contribution < -0.4 is 16.6 Å². The third kappa shape index (κ3) is 4.08. The zero-order chi connectivity index (χ0) is 18.7. The second kappa shape index (κ2) is 6.95. The zero-order valence-corrected chi connectivity index (χ0v) is 13.6. The number of nitrogens with zero attached hydrogens (tertiary/aromatic N) is 2. The fourth-order valence-electron chi connectivity index (χ4n) is 2.19. The number of rotatable bonds is 5. The van der Waals surface area contributed by atoms with E-state index in [1.807, 2.05) is 19.9 Å². The summed E-state index contributed by atoms with van der Waals surface area (Å²) < 4.78 is 0.786. The number of anilines is 1. The maximum Gasteiger partial charge on any atom is 0.286 e. The van der Waals surface area contributed by atoms with Gasteiger partial charge in [-0.15, -0.1) is 0 Å². The summed E-state index contributed by atoms with van der Waals surface area (Å²) in [5.74, 6) is -1.67. The highest BCUT2D eigenvalue weighted by Crippen LogP contribution is 2.14. The van der Waals surface area contributed by atoms with E-state index in [1.54, 1.807) is 12.1 Å². The normalized spacial score (nSPS) is 10.3. The largest absolute Gasteiger partial charge is 0.365 e. The minimum Gasteiger partial charge on any atom is -0.365 e. The molecule has 1 aromatic carbocycles. The molecule has 0 aliphatic heterocycles. The average Bonchev–Trinajstić information content (AvgIpc) is 2.52. The molecule has 0 fully saturated rings. The van der Waals surface area contributed by atoms with Crippen LogP contribution in [0.1, 0.15) is 21.5 Å². The fraction of sp³-hybridized carbons (Fsp3) is 0.188. The molecule has 0 radical (unpaired) electrons. The van der Waals surface area contributed by atoms with Crippen molar-refractivity contribution in [2.75, 3.05) is 5.32 Å². The summed E-state index contributed by atoms with van der Waals surface area (Å²) in [4.78, 5) is 45.7. The van der Waals surface area contributed by atoms with E-state index < -0.39 is 40.1 Å². The Morgan fingerprint density at radius 1 is 1.24 bits per heavy atom. The summed E-state index contributed by atoms with van der Waals surface area (Å²) in [5, 5.41) is 13.5. The number of carbonyl (C=O) groups excluding carboxylic acids is 2. The van der Waals surface area contributed by atoms with Gasteiger partial charge in [-0.3, -0.25) is 29.1 Å². The highest BCUT2D eigenvalue weighted by atomic mass is 16.6. The van der Waals surface area contributed by atoms with Gasteiger partial charge in [0.25, 0.3) is 17.2 Å². The fourth-order valence-corrected chi connectivity index (χ4v) is 2.19. The van der Waals surface area contributed by atoms with Crippen molar-refractivity contribution in [1.82, 2.24) is 4.57 Å². The van der Waals surface area contributed by atoms with Crippen molar-refractivity contribution in [2.24, 2.45) is 5.73 Å². The van der Waals surface area contributed by atoms with E-state index in [1.165, 1.54) is 0 Å². The van der Waals surface area contributed by atoms with Crippen LogP contribution in [0.4, 0.5) is 11.4 Å². The molecule has 0 atom stereocenters. The monoisotopic (exact) mass is 344 g/mol. The summed E-state index contributed by atoms with van der Waals surface area (Å²) in [7, 11) is 0. The van der Waals surface area contributed by atoms with Gasteiger partial charge in [0.2, 0.25) is 5.91 Å². The lowest BCUT2D eigenvalue weighted by atomic mass is 10.1. The highest BCUT2D eigenvalue weighted by Gasteiger charge is 2.18. The van der Waals surface area contributed by atoms with Crippen molar-refractivity contribution in [1.29, 1.82) is 0 Å². The van der Waals surface area contributed by atoms with Crippen molar-refractivity contribution >= 4 is 23.2 Å². The smallest absolute Gasteiger partial charge is 0.286 e. The molecule has 3 N–H and O–H groups in total. The molecule has 0 unspecified atom stereocenters. The molecule has 0 aliphatic rings. The highest BCUT2D eigenvalue weighted by molar-refractivity contribution is 5.93. The number of primary amides is 1. The summed E-state index contributed by atoms with van der Waals surface area (Å²) in [6.07, 6.45) is 0.898. The maximum absolute atomic E-state index is 12.1. The van der Waals surface area contributed by atoms with E-state index in [0.717, 1.165) is 28.0 Å². The van der Waals surface area contributed by atoms with Gasteiger partial charge in [0.15, 0.2) is 0 Å². The lowest BCUT2D eigenvalue weighted by molar-refractivity contribution is -0.385. The number of nitro groups is 1. The number of benzene rings is 1. The lowest BCUT2D eigenvalue weighted by Crippen LogP contribution is -2.33. The first kappa shape index (κ1) is 17.9. The number of pyridine rings is 1. The van der Waals surface area contributed by atoms with E-state index in [-0.39, 0.29) is 0 Å². The number of hydrogen-bond acceptors (Lipinski definition) is 5. The van der Waals surface area contributed by atoms with Crippen LogP contribution >= 0.6 is 0 Å². The molecule has 2 aromatic rings. The Bertz CT molecular complexity index is 933. The van der Waals surface area contributed by atoms with Crippen LogP contribution in [0.5, 0.6) is 0 Å². The van der Waals surface area contributed by atoms with Crippen molar-refractivity contribution in [3.63, 3.8) is 0 Å². The minimum absolute atomic E-state index is 0.492. The molecule has 130 valence electrons. The Balaban J connectivity index is 2.30. The summed E-state index contributed by atoms with van der Waals surface area (Å²) in [5.41, 5.74) is 5.70. The van der Waals surface area contributed by atoms with Gasteiger partial charge >= 0.3 is 0 Å². The summed E-state index contributed by atoms with van der Waals surface area (Å²) >= 11 is 0. The molecule has 1 aromatic heterocycles. The van der Waals surface area contributed by atoms with Gasteiger partial charge in [-0.2, -0.15) is 0 Å². The number of hydrogen-bond donors (Lipinski definition) is 2. The molecule has 0 spiro atoms. The van der Waals surface area contributed by atoms with Gasteiger partial charge in [-0.1, -0.05) is 6.07 Å². The molecule has 2 rings (SSSR count). The van der Waals surface area contributed by atoms with Crippen LogP contribution in [0.15, 0.2) is 35.3 Å². The number of nitrogens with two attached hydrogens (primary N) is 1. The van der Waals surface area contributed by atoms with Gasteiger partial charge in [-0.25, -0.2) is 0 Å². The van der Waals surface area contributed by atoms with Gasteiger partial charge in [0.05, 0.1) is 11.1 Å². The molecule has 0 aliphatic carbocycles. The molecule has 0 saturated carbocycles. The van der Waals surface area contributed by atoms with Crippen molar-refractivity contribution in [3.05, 3.63) is 67.6 Å². The van der Waals surface area contributed by atoms with Gasteiger partial charge < -0.3 is 11.1 Å². The third-order valence-corrected chi connectivity index (χ3v) is 3.65. The van der Waals surface area contributed by atoms with Crippen molar-refractivity contribution in [3.8, 4) is 0 Å². The minimum atomic E-state index is -1.10. The van der Waals surface area contributed by atoms with E-state index in [9.17, 15) is 24.5 Å². The summed E-state index contributed by atoms with van der Waals surface area (Å²) in [6.45, 7) is 3.32. The molecule has 0 saturated heterocycles. The zero-order valence-electron chi connectivity index (χ0n) is 13.6. The van der Waals surface area contributed by atoms with Crippen LogP contribution in [-0.2, 0) is 11.3 Å². The van der Waals surface area contributed by atoms with Crippen LogP contribution in [0.3, 0.4) is 0 Å². The van der Waals surface area contributed by atoms with Crippen LogP contribution in [-0.4, -0.2) is 21.3 Å². The van der Waals surface area contributed by atoms with Crippen molar-refractivity contribution in [2.45, 2.75) is 20.4 Å². The quantitative estimate of drug-likeness (QED) is 0.618. The first-order chi connectivity index (χ1) is 11.7. The Labute approximate surface area is 142 Å². The molecule has 2 amide bonds. The number of aryl methyl sites for hydroxylation is 2. The molecular formula is C16H16N4O5. The Hall–Kier alpha value is -3.49. The molecule has 9 heteroatoms. The standard InChI is InChI=1S/C16H16N4O5/c1-9-3-4-11(5-10(9)2)18-14(21)8-19-7-12(20(24)25)6-13(15(17)22)16(19)23/h3-7H,8H2,1-2H3,(H2,17,22)(H,18,21). The Morgan fingerprint density at radius 3 is 2.48 bits per heavy atom. The first-order valence-electron chi connectivity index (χ1n) is 7.25. The molecule has 0 bridgehead atoms. The summed E-state index contributed by atoms with van der Waals surface area (Å²) in [6, 6.07) is 6.08. The molecule has 25 heavy (non-hydrogen) atoms. The Kier molecular flexibility index (Phi) is 4.97. The predicted octanol–water partition coefficient (Wildman–Crippen LogP) is 1.11. The lowest BCUT2D eigenvalue weighted by Gasteiger charge is -2.10. The third-order valence-electron chi connectivity index (χ3n) is 3.65. The number of amides is 2. The predicted molar refractivity (Wildman–Crippen MR) is 90.4 cm³/mol. The first-order valence-corrected chi connectivity index (χ1v) is 7.25. The number of nitrogens with one attached hydrogen (secondary N) is 1. The SMILES string of the molecule is Cc1ccc(NC(=O)Cn2cc([N+](=O)[O-])cc(C(N)=O)c2=O)cc1C. The average molecular weight is 344 g/mol. The van der Waals surface area contributed by atoms with Crippen LogP contribution in [0, 0.1) is 24.0 Å². The Morgan fingerprint density at radius 2 is 1.92 bits per heavy atom. The van der Waals surface area contributed by atoms with E-state index in [4.69, 9.17) is 5.73 Å². The topological polar surface area (TPSA) is 137 Å². The molecular weight excluding hydrogens is 328 g/mol. The van der Waals surface area contributed by atoms with E-state index in [0.29, 0.717) is 5.69 Å². The molecule has 1 heterocycles. The number of aromatic nitrogens is 1. The van der Waals surface area contributed by atoms with Gasteiger partial charge in [-0.05, 0) is 37.1 Å². The number of carbonyl (C=O) groups is 2. The second-order valence-corrected chi connectivity index (χ2v) is 5.51. The van der Waals surface area contributed by atoms with Gasteiger partial charge in [0, 0.05) is 11.8 Å². The molecule has 9 nitrogen and oxygen atoms in total. The second-order valence-electron chi connectivity index (χ2n) is 5.51. The van der Waals surface area contributed by atoms with E-state index >= 15 is 0 Å².